The number of carbonyl (C=O) groups is 1. The van der Waals surface area contributed by atoms with Crippen LogP contribution in [0.2, 0.25) is 0 Å². The first-order valence-corrected chi connectivity index (χ1v) is 12.4. The largest absolute Gasteiger partial charge is 0.469 e. The van der Waals surface area contributed by atoms with Crippen LogP contribution in [-0.4, -0.2) is 43.3 Å². The van der Waals surface area contributed by atoms with E-state index in [1.165, 1.54) is 7.11 Å². The van der Waals surface area contributed by atoms with Crippen LogP contribution in [-0.2, 0) is 31.8 Å². The zero-order valence-corrected chi connectivity index (χ0v) is 19.7. The quantitative estimate of drug-likeness (QED) is 0.253. The van der Waals surface area contributed by atoms with Gasteiger partial charge >= 0.3 is 5.97 Å². The van der Waals surface area contributed by atoms with Gasteiger partial charge in [0.15, 0.2) is 6.29 Å². The van der Waals surface area contributed by atoms with E-state index in [2.05, 4.69) is 19.1 Å². The molecule has 1 N–H and O–H groups in total. The number of carbonyl (C=O) groups excluding carboxylic acids is 1. The Morgan fingerprint density at radius 1 is 1.28 bits per heavy atom. The second-order valence-corrected chi connectivity index (χ2v) is 9.02. The first-order chi connectivity index (χ1) is 15.6. The number of ether oxygens (including phenoxy) is 3. The Labute approximate surface area is 192 Å². The number of rotatable bonds is 13. The number of aliphatic hydroxyl groups excluding tert-OH is 1. The lowest BCUT2D eigenvalue weighted by Gasteiger charge is -2.28. The molecule has 180 valence electrons. The van der Waals surface area contributed by atoms with Crippen LogP contribution in [0.4, 0.5) is 0 Å². The van der Waals surface area contributed by atoms with E-state index in [4.69, 9.17) is 18.6 Å². The highest BCUT2D eigenvalue weighted by atomic mass is 16.7. The maximum Gasteiger partial charge on any atom is 0.305 e. The number of unbranched alkanes of at least 4 members (excludes halogenated alkanes) is 3. The van der Waals surface area contributed by atoms with Crippen molar-refractivity contribution in [1.82, 2.24) is 0 Å². The van der Waals surface area contributed by atoms with Gasteiger partial charge in [-0.1, -0.05) is 38.3 Å². The Bertz CT molecular complexity index is 718. The third kappa shape index (κ3) is 7.46. The number of hydrogen-bond acceptors (Lipinski definition) is 6. The Morgan fingerprint density at radius 3 is 2.91 bits per heavy atom. The molecule has 6 heteroatoms. The van der Waals surface area contributed by atoms with Gasteiger partial charge in [-0.05, 0) is 44.6 Å². The number of methoxy groups -OCH3 is 1. The first kappa shape index (κ1) is 25.0. The molecule has 1 fully saturated rings. The molecule has 0 spiro atoms. The second kappa shape index (κ2) is 13.2. The molecule has 2 heterocycles. The third-order valence-corrected chi connectivity index (χ3v) is 6.43. The number of hydrogen-bond donors (Lipinski definition) is 1. The van der Waals surface area contributed by atoms with Crippen LogP contribution in [0.25, 0.3) is 0 Å². The number of aliphatic hydroxyl groups is 1. The highest BCUT2D eigenvalue weighted by Crippen LogP contribution is 2.40. The molecule has 6 nitrogen and oxygen atoms in total. The van der Waals surface area contributed by atoms with Gasteiger partial charge in [0.25, 0.3) is 0 Å². The molecule has 1 saturated heterocycles. The van der Waals surface area contributed by atoms with Gasteiger partial charge in [0.2, 0.25) is 0 Å². The van der Waals surface area contributed by atoms with E-state index >= 15 is 0 Å². The highest BCUT2D eigenvalue weighted by Gasteiger charge is 2.37. The fraction of sp³-hybridized carbons (Fsp3) is 0.731. The zero-order valence-electron chi connectivity index (χ0n) is 19.7. The van der Waals surface area contributed by atoms with Gasteiger partial charge in [-0.3, -0.25) is 4.79 Å². The Morgan fingerprint density at radius 2 is 2.16 bits per heavy atom. The fourth-order valence-electron chi connectivity index (χ4n) is 4.57. The van der Waals surface area contributed by atoms with Gasteiger partial charge in [-0.2, -0.15) is 0 Å². The monoisotopic (exact) mass is 448 g/mol. The molecule has 0 amide bonds. The smallest absolute Gasteiger partial charge is 0.305 e. The van der Waals surface area contributed by atoms with Crippen molar-refractivity contribution >= 4 is 5.97 Å². The van der Waals surface area contributed by atoms with Gasteiger partial charge in [-0.15, -0.1) is 0 Å². The average Bonchev–Trinajstić information content (AvgIpc) is 3.33. The maximum absolute atomic E-state index is 11.3. The van der Waals surface area contributed by atoms with Crippen molar-refractivity contribution < 1.29 is 28.5 Å². The molecule has 0 aromatic carbocycles. The maximum atomic E-state index is 11.3. The summed E-state index contributed by atoms with van der Waals surface area (Å²) in [5.41, 5.74) is 1.16. The second-order valence-electron chi connectivity index (χ2n) is 9.02. The van der Waals surface area contributed by atoms with E-state index in [0.29, 0.717) is 6.42 Å². The molecular weight excluding hydrogens is 408 g/mol. The average molecular weight is 449 g/mol. The predicted molar refractivity (Wildman–Crippen MR) is 122 cm³/mol. The van der Waals surface area contributed by atoms with Gasteiger partial charge < -0.3 is 23.7 Å². The molecule has 1 aliphatic heterocycles. The van der Waals surface area contributed by atoms with Crippen LogP contribution in [0.1, 0.15) is 94.1 Å². The summed E-state index contributed by atoms with van der Waals surface area (Å²) >= 11 is 0. The van der Waals surface area contributed by atoms with Crippen LogP contribution in [0.15, 0.2) is 22.6 Å². The zero-order chi connectivity index (χ0) is 22.8. The topological polar surface area (TPSA) is 78.1 Å². The van der Waals surface area contributed by atoms with Crippen molar-refractivity contribution in [3.8, 4) is 0 Å². The molecule has 1 aliphatic carbocycles. The SMILES string of the molecule is CCCCC[C@H](O)/C=C/[C@@H]1c2cc(CCCCC(=O)OC)oc2C[C@H]1OC1CCCCO1. The molecular formula is C26H40O6. The van der Waals surface area contributed by atoms with Crippen molar-refractivity contribution in [2.24, 2.45) is 0 Å². The summed E-state index contributed by atoms with van der Waals surface area (Å²) in [4.78, 5) is 11.3. The number of fused-ring (bicyclic) bond motifs is 1. The van der Waals surface area contributed by atoms with Crippen LogP contribution in [0.3, 0.4) is 0 Å². The summed E-state index contributed by atoms with van der Waals surface area (Å²) < 4.78 is 23.0. The van der Waals surface area contributed by atoms with Crippen LogP contribution < -0.4 is 0 Å². The van der Waals surface area contributed by atoms with E-state index in [1.54, 1.807) is 0 Å². The van der Waals surface area contributed by atoms with Crippen molar-refractivity contribution in [1.29, 1.82) is 0 Å². The molecule has 32 heavy (non-hydrogen) atoms. The summed E-state index contributed by atoms with van der Waals surface area (Å²) in [7, 11) is 1.42. The van der Waals surface area contributed by atoms with Crippen LogP contribution >= 0.6 is 0 Å². The molecule has 3 rings (SSSR count). The van der Waals surface area contributed by atoms with E-state index < -0.39 is 6.10 Å². The number of furan rings is 1. The van der Waals surface area contributed by atoms with E-state index in [9.17, 15) is 9.90 Å². The number of esters is 1. The summed E-state index contributed by atoms with van der Waals surface area (Å²) in [6.07, 6.45) is 14.3. The van der Waals surface area contributed by atoms with Gasteiger partial charge in [0, 0.05) is 37.4 Å². The normalized spacial score (nSPS) is 24.0. The Hall–Kier alpha value is -1.63. The molecule has 4 atom stereocenters. The number of aryl methyl sites for hydroxylation is 1. The Kier molecular flexibility index (Phi) is 10.3. The summed E-state index contributed by atoms with van der Waals surface area (Å²) in [6.45, 7) is 2.93. The first-order valence-electron chi connectivity index (χ1n) is 12.4. The van der Waals surface area contributed by atoms with E-state index in [0.717, 1.165) is 94.3 Å². The minimum Gasteiger partial charge on any atom is -0.469 e. The van der Waals surface area contributed by atoms with Crippen LogP contribution in [0.5, 0.6) is 0 Å². The summed E-state index contributed by atoms with van der Waals surface area (Å²) in [5, 5.41) is 10.4. The molecule has 2 aliphatic rings. The van der Waals surface area contributed by atoms with E-state index in [-0.39, 0.29) is 24.3 Å². The summed E-state index contributed by atoms with van der Waals surface area (Å²) in [6, 6.07) is 2.14. The molecule has 1 aromatic rings. The Balaban J connectivity index is 1.62. The van der Waals surface area contributed by atoms with Crippen molar-refractivity contribution in [3.63, 3.8) is 0 Å². The standard InChI is InChI=1S/C26H40O6/c1-3-4-5-10-19(27)14-15-21-22-17-20(11-6-7-12-25(28)29-2)31-24(22)18-23(21)32-26-13-8-9-16-30-26/h14-15,17,19,21,23,26-27H,3-13,16,18H2,1-2H3/b15-14+/t19-,21+,23+,26?/m0/s1. The lowest BCUT2D eigenvalue weighted by Crippen LogP contribution is -2.30. The molecule has 1 aromatic heterocycles. The fourth-order valence-corrected chi connectivity index (χ4v) is 4.57. The summed E-state index contributed by atoms with van der Waals surface area (Å²) in [5.74, 6) is 1.82. The van der Waals surface area contributed by atoms with Gasteiger partial charge in [0.1, 0.15) is 11.5 Å². The minimum absolute atomic E-state index is 0.0284. The van der Waals surface area contributed by atoms with Gasteiger partial charge in [0.05, 0.1) is 19.3 Å². The lowest BCUT2D eigenvalue weighted by atomic mass is 9.98. The van der Waals surface area contributed by atoms with Crippen LogP contribution in [0, 0.1) is 0 Å². The lowest BCUT2D eigenvalue weighted by molar-refractivity contribution is -0.188. The minimum atomic E-state index is -0.429. The molecule has 0 saturated carbocycles. The van der Waals surface area contributed by atoms with Crippen molar-refractivity contribution in [2.45, 2.75) is 108 Å². The van der Waals surface area contributed by atoms with Gasteiger partial charge in [-0.25, -0.2) is 0 Å². The predicted octanol–water partition coefficient (Wildman–Crippen LogP) is 5.21. The van der Waals surface area contributed by atoms with Crippen molar-refractivity contribution in [3.05, 3.63) is 35.3 Å². The van der Waals surface area contributed by atoms with Crippen molar-refractivity contribution in [2.75, 3.05) is 13.7 Å². The third-order valence-electron chi connectivity index (χ3n) is 6.43. The molecule has 0 radical (unpaired) electrons. The highest BCUT2D eigenvalue weighted by molar-refractivity contribution is 5.68. The molecule has 0 bridgehead atoms. The van der Waals surface area contributed by atoms with E-state index in [1.807, 2.05) is 6.08 Å². The molecule has 1 unspecified atom stereocenters.